The van der Waals surface area contributed by atoms with Gasteiger partial charge >= 0.3 is 5.97 Å². The van der Waals surface area contributed by atoms with Crippen LogP contribution in [-0.2, 0) is 22.6 Å². The first-order valence-corrected chi connectivity index (χ1v) is 15.5. The lowest BCUT2D eigenvalue weighted by atomic mass is 10.0. The fourth-order valence-electron chi connectivity index (χ4n) is 5.22. The maximum absolute atomic E-state index is 13.3. The summed E-state index contributed by atoms with van der Waals surface area (Å²) in [6.07, 6.45) is 0.0583. The van der Waals surface area contributed by atoms with Gasteiger partial charge in [0.25, 0.3) is 11.8 Å². The number of benzene rings is 5. The van der Waals surface area contributed by atoms with Crippen molar-refractivity contribution in [1.29, 1.82) is 0 Å². The third-order valence-corrected chi connectivity index (χ3v) is 7.84. The molecule has 5 aromatic carbocycles. The molecule has 244 valence electrons. The van der Waals surface area contributed by atoms with Crippen LogP contribution in [0, 0.1) is 12.7 Å². The van der Waals surface area contributed by atoms with Crippen LogP contribution in [0.3, 0.4) is 0 Å². The van der Waals surface area contributed by atoms with Crippen LogP contribution in [0.5, 0.6) is 0 Å². The first-order valence-electron chi connectivity index (χ1n) is 15.5. The lowest BCUT2D eigenvalue weighted by molar-refractivity contribution is -0.137. The van der Waals surface area contributed by atoms with Crippen molar-refractivity contribution in [3.8, 4) is 34.0 Å². The molecule has 0 aliphatic heterocycles. The van der Waals surface area contributed by atoms with Gasteiger partial charge < -0.3 is 19.8 Å². The molecule has 0 atom stereocenters. The Labute approximate surface area is 281 Å². The number of carboxylic acids is 1. The molecular weight excluding hydrogens is 623 g/mol. The van der Waals surface area contributed by atoms with E-state index in [0.29, 0.717) is 34.1 Å². The number of halogens is 1. The van der Waals surface area contributed by atoms with Gasteiger partial charge in [0.05, 0.1) is 6.42 Å². The van der Waals surface area contributed by atoms with E-state index < -0.39 is 18.4 Å². The monoisotopic (exact) mass is 654 g/mol. The summed E-state index contributed by atoms with van der Waals surface area (Å²) in [6.45, 7) is 1.59. The van der Waals surface area contributed by atoms with Crippen LogP contribution < -0.4 is 5.32 Å². The first kappa shape index (κ1) is 32.5. The number of amides is 2. The Hall–Kier alpha value is -6.42. The van der Waals surface area contributed by atoms with Gasteiger partial charge in [0.1, 0.15) is 12.4 Å². The summed E-state index contributed by atoms with van der Waals surface area (Å²) in [5.41, 5.74) is 6.97. The zero-order valence-electron chi connectivity index (χ0n) is 26.5. The SMILES string of the molecule is Cc1ccc(-c2ccc(-c3nc(-c4ccc(CN(CC(=O)O)C(=O)c5ccc(NC(=O)Cc6ccc(F)cc6)cc5)cc4)no3)cc2)cc1. The molecule has 49 heavy (non-hydrogen) atoms. The van der Waals surface area contributed by atoms with Crippen LogP contribution in [-0.4, -0.2) is 44.5 Å². The largest absolute Gasteiger partial charge is 0.480 e. The molecule has 0 bridgehead atoms. The molecule has 6 rings (SSSR count). The van der Waals surface area contributed by atoms with E-state index in [1.807, 2.05) is 24.3 Å². The molecule has 0 saturated carbocycles. The van der Waals surface area contributed by atoms with Crippen molar-refractivity contribution in [1.82, 2.24) is 15.0 Å². The van der Waals surface area contributed by atoms with Gasteiger partial charge in [-0.2, -0.15) is 4.98 Å². The van der Waals surface area contributed by atoms with Crippen LogP contribution in [0.1, 0.15) is 27.0 Å². The van der Waals surface area contributed by atoms with E-state index in [1.54, 1.807) is 36.4 Å². The third-order valence-electron chi connectivity index (χ3n) is 7.84. The summed E-state index contributed by atoms with van der Waals surface area (Å²) in [5.74, 6) is -1.54. The van der Waals surface area contributed by atoms with Crippen LogP contribution in [0.4, 0.5) is 10.1 Å². The van der Waals surface area contributed by atoms with E-state index in [1.165, 1.54) is 46.9 Å². The van der Waals surface area contributed by atoms with Crippen molar-refractivity contribution < 1.29 is 28.4 Å². The molecule has 1 aromatic heterocycles. The number of rotatable bonds is 11. The minimum atomic E-state index is -1.15. The number of hydrogen-bond acceptors (Lipinski definition) is 6. The number of nitrogens with zero attached hydrogens (tertiary/aromatic N) is 3. The second-order valence-electron chi connectivity index (χ2n) is 11.5. The molecule has 0 fully saturated rings. The van der Waals surface area contributed by atoms with Gasteiger partial charge in [-0.1, -0.05) is 83.5 Å². The van der Waals surface area contributed by atoms with E-state index in [0.717, 1.165) is 16.7 Å². The normalized spacial score (nSPS) is 10.8. The van der Waals surface area contributed by atoms with E-state index in [4.69, 9.17) is 4.52 Å². The minimum absolute atomic E-state index is 0.0480. The van der Waals surface area contributed by atoms with Gasteiger partial charge in [-0.3, -0.25) is 14.4 Å². The smallest absolute Gasteiger partial charge is 0.323 e. The number of carbonyl (C=O) groups is 3. The van der Waals surface area contributed by atoms with Crippen LogP contribution in [0.15, 0.2) is 126 Å². The maximum Gasteiger partial charge on any atom is 0.323 e. The Morgan fingerprint density at radius 3 is 1.94 bits per heavy atom. The van der Waals surface area contributed by atoms with E-state index in [-0.39, 0.29) is 30.3 Å². The van der Waals surface area contributed by atoms with Crippen LogP contribution in [0.2, 0.25) is 0 Å². The van der Waals surface area contributed by atoms with Crippen LogP contribution in [0.25, 0.3) is 34.0 Å². The molecule has 0 aliphatic carbocycles. The summed E-state index contributed by atoms with van der Waals surface area (Å²) >= 11 is 0. The van der Waals surface area contributed by atoms with Gasteiger partial charge in [-0.15, -0.1) is 0 Å². The third kappa shape index (κ3) is 8.30. The second-order valence-corrected chi connectivity index (χ2v) is 11.5. The number of carboxylic acid groups (broad SMARTS) is 1. The van der Waals surface area contributed by atoms with E-state index in [2.05, 4.69) is 46.6 Å². The highest BCUT2D eigenvalue weighted by molar-refractivity contribution is 5.97. The van der Waals surface area contributed by atoms with Crippen molar-refractivity contribution in [2.24, 2.45) is 0 Å². The summed E-state index contributed by atoms with van der Waals surface area (Å²) in [4.78, 5) is 43.2. The number of anilines is 1. The number of aliphatic carboxylic acids is 1. The highest BCUT2D eigenvalue weighted by Crippen LogP contribution is 2.26. The average molecular weight is 655 g/mol. The predicted molar refractivity (Wildman–Crippen MR) is 183 cm³/mol. The number of hydrogen-bond donors (Lipinski definition) is 2. The van der Waals surface area contributed by atoms with Crippen molar-refractivity contribution in [2.75, 3.05) is 11.9 Å². The molecule has 6 aromatic rings. The number of nitrogens with one attached hydrogen (secondary N) is 1. The second kappa shape index (κ2) is 14.6. The van der Waals surface area contributed by atoms with Gasteiger partial charge in [0.2, 0.25) is 11.7 Å². The molecule has 0 aliphatic rings. The highest BCUT2D eigenvalue weighted by atomic mass is 19.1. The van der Waals surface area contributed by atoms with Gasteiger partial charge in [-0.25, -0.2) is 4.39 Å². The minimum Gasteiger partial charge on any atom is -0.480 e. The zero-order valence-corrected chi connectivity index (χ0v) is 26.5. The standard InChI is InChI=1S/C39H31FN4O5/c1-25-2-8-28(9-3-25)29-12-14-31(15-13-29)38-42-37(43-49-38)30-10-4-27(5-11-30)23-44(24-36(46)47)39(48)32-16-20-34(21-17-32)41-35(45)22-26-6-18-33(40)19-7-26/h2-21H,22-24H2,1H3,(H,41,45)(H,46,47). The number of carbonyl (C=O) groups excluding carboxylic acids is 2. The van der Waals surface area contributed by atoms with Crippen molar-refractivity contribution in [3.63, 3.8) is 0 Å². The van der Waals surface area contributed by atoms with Gasteiger partial charge in [0, 0.05) is 28.9 Å². The number of aromatic nitrogens is 2. The molecule has 2 amide bonds. The Morgan fingerprint density at radius 1 is 0.735 bits per heavy atom. The zero-order chi connectivity index (χ0) is 34.3. The summed E-state index contributed by atoms with van der Waals surface area (Å²) in [6, 6.07) is 35.2. The lowest BCUT2D eigenvalue weighted by Crippen LogP contribution is -2.35. The maximum atomic E-state index is 13.3. The molecule has 0 saturated heterocycles. The van der Waals surface area contributed by atoms with Gasteiger partial charge in [-0.05, 0) is 77.7 Å². The van der Waals surface area contributed by atoms with Crippen molar-refractivity contribution in [3.05, 3.63) is 149 Å². The molecule has 0 radical (unpaired) electrons. The Bertz CT molecular complexity index is 2080. The summed E-state index contributed by atoms with van der Waals surface area (Å²) < 4.78 is 18.7. The predicted octanol–water partition coefficient (Wildman–Crippen LogP) is 7.43. The van der Waals surface area contributed by atoms with Crippen molar-refractivity contribution >= 4 is 23.5 Å². The fraction of sp³-hybridized carbons (Fsp3) is 0.103. The molecule has 2 N–H and O–H groups in total. The van der Waals surface area contributed by atoms with E-state index in [9.17, 15) is 23.9 Å². The lowest BCUT2D eigenvalue weighted by Gasteiger charge is -2.21. The molecule has 0 spiro atoms. The molecule has 9 nitrogen and oxygen atoms in total. The average Bonchev–Trinajstić information content (AvgIpc) is 3.60. The Morgan fingerprint density at radius 2 is 1.31 bits per heavy atom. The molecular formula is C39H31FN4O5. The Balaban J connectivity index is 1.08. The van der Waals surface area contributed by atoms with Crippen molar-refractivity contribution in [2.45, 2.75) is 19.9 Å². The topological polar surface area (TPSA) is 126 Å². The molecule has 10 heteroatoms. The van der Waals surface area contributed by atoms with Gasteiger partial charge in [0.15, 0.2) is 0 Å². The summed E-state index contributed by atoms with van der Waals surface area (Å²) in [5, 5.41) is 16.4. The molecule has 0 unspecified atom stereocenters. The first-order chi connectivity index (χ1) is 23.7. The summed E-state index contributed by atoms with van der Waals surface area (Å²) in [7, 11) is 0. The fourth-order valence-corrected chi connectivity index (χ4v) is 5.22. The van der Waals surface area contributed by atoms with Crippen LogP contribution >= 0.6 is 0 Å². The molecule has 1 heterocycles. The number of aryl methyl sites for hydroxylation is 1. The highest BCUT2D eigenvalue weighted by Gasteiger charge is 2.20. The Kier molecular flexibility index (Phi) is 9.66. The quantitative estimate of drug-likeness (QED) is 0.149. The van der Waals surface area contributed by atoms with E-state index >= 15 is 0 Å².